The molecule has 0 fully saturated rings. The first-order chi connectivity index (χ1) is 11.8. The summed E-state index contributed by atoms with van der Waals surface area (Å²) in [6.45, 7) is 8.36. The Bertz CT molecular complexity index is 593. The molecule has 1 aromatic rings. The van der Waals surface area contributed by atoms with Gasteiger partial charge in [0.25, 0.3) is 5.91 Å². The first-order valence-corrected chi connectivity index (χ1v) is 8.62. The van der Waals surface area contributed by atoms with E-state index in [4.69, 9.17) is 9.47 Å². The second-order valence-electron chi connectivity index (χ2n) is 6.55. The van der Waals surface area contributed by atoms with Crippen LogP contribution in [-0.4, -0.2) is 37.2 Å². The normalized spacial score (nSPS) is 11.3. The van der Waals surface area contributed by atoms with Crippen LogP contribution in [0.1, 0.15) is 50.9 Å². The van der Waals surface area contributed by atoms with Crippen LogP contribution in [0.2, 0.25) is 0 Å². The van der Waals surface area contributed by atoms with Crippen LogP contribution >= 0.6 is 0 Å². The molecule has 0 saturated heterocycles. The van der Waals surface area contributed by atoms with Crippen LogP contribution in [0.5, 0.6) is 11.5 Å². The van der Waals surface area contributed by atoms with Crippen LogP contribution in [0.4, 0.5) is 0 Å². The monoisotopic (exact) mass is 351 g/mol. The number of carboxylic acids is 1. The van der Waals surface area contributed by atoms with E-state index in [1.165, 1.54) is 7.11 Å². The van der Waals surface area contributed by atoms with Gasteiger partial charge < -0.3 is 19.9 Å². The number of hydrogen-bond donors (Lipinski definition) is 2. The Balaban J connectivity index is 2.86. The third kappa shape index (κ3) is 5.37. The van der Waals surface area contributed by atoms with Gasteiger partial charge in [-0.2, -0.15) is 0 Å². The van der Waals surface area contributed by atoms with Crippen LogP contribution in [0.15, 0.2) is 18.2 Å². The van der Waals surface area contributed by atoms with Crippen molar-refractivity contribution in [3.05, 3.63) is 23.8 Å². The molecule has 1 aromatic carbocycles. The van der Waals surface area contributed by atoms with Crippen LogP contribution in [0, 0.1) is 11.3 Å². The van der Waals surface area contributed by atoms with Crippen molar-refractivity contribution < 1.29 is 24.2 Å². The zero-order valence-electron chi connectivity index (χ0n) is 15.7. The zero-order valence-corrected chi connectivity index (χ0v) is 15.7. The van der Waals surface area contributed by atoms with E-state index in [-0.39, 0.29) is 12.5 Å². The summed E-state index contributed by atoms with van der Waals surface area (Å²) >= 11 is 0. The number of nitrogens with one attached hydrogen (secondary N) is 1. The van der Waals surface area contributed by atoms with Gasteiger partial charge in [-0.05, 0) is 37.0 Å². The highest BCUT2D eigenvalue weighted by Crippen LogP contribution is 2.29. The number of carbonyl (C=O) groups is 2. The Kier molecular flexibility index (Phi) is 7.74. The molecule has 0 aliphatic carbocycles. The number of hydrogen-bond acceptors (Lipinski definition) is 4. The average molecular weight is 351 g/mol. The van der Waals surface area contributed by atoms with Gasteiger partial charge in [0, 0.05) is 12.1 Å². The molecule has 0 bridgehead atoms. The standard InChI is InChI=1S/C19H29NO5/c1-6-19(7-2,18(22)23)12-20-17(21)14-8-9-15(16(10-14)24-5)25-11-13(3)4/h8-10,13H,6-7,11-12H2,1-5H3,(H,20,21)(H,22,23). The predicted molar refractivity (Wildman–Crippen MR) is 96.3 cm³/mol. The highest BCUT2D eigenvalue weighted by Gasteiger charge is 2.35. The number of ether oxygens (including phenoxy) is 2. The lowest BCUT2D eigenvalue weighted by atomic mass is 9.82. The van der Waals surface area contributed by atoms with Crippen molar-refractivity contribution in [2.45, 2.75) is 40.5 Å². The summed E-state index contributed by atoms with van der Waals surface area (Å²) in [5, 5.41) is 12.2. The molecule has 6 nitrogen and oxygen atoms in total. The third-order valence-corrected chi connectivity index (χ3v) is 4.39. The Labute approximate surface area is 149 Å². The molecule has 6 heteroatoms. The van der Waals surface area contributed by atoms with Gasteiger partial charge in [-0.15, -0.1) is 0 Å². The van der Waals surface area contributed by atoms with Gasteiger partial charge in [-0.3, -0.25) is 9.59 Å². The van der Waals surface area contributed by atoms with Gasteiger partial charge >= 0.3 is 5.97 Å². The fourth-order valence-electron chi connectivity index (χ4n) is 2.41. The molecule has 25 heavy (non-hydrogen) atoms. The molecule has 0 unspecified atom stereocenters. The highest BCUT2D eigenvalue weighted by molar-refractivity contribution is 5.95. The van der Waals surface area contributed by atoms with Crippen LogP contribution in [-0.2, 0) is 4.79 Å². The molecule has 0 aromatic heterocycles. The fraction of sp³-hybridized carbons (Fsp3) is 0.579. The summed E-state index contributed by atoms with van der Waals surface area (Å²) in [7, 11) is 1.52. The number of benzene rings is 1. The van der Waals surface area contributed by atoms with Gasteiger partial charge in [0.05, 0.1) is 19.1 Å². The molecule has 0 spiro atoms. The number of carbonyl (C=O) groups excluding carboxylic acids is 1. The topological polar surface area (TPSA) is 84.9 Å². The average Bonchev–Trinajstić information content (AvgIpc) is 2.60. The third-order valence-electron chi connectivity index (χ3n) is 4.39. The minimum Gasteiger partial charge on any atom is -0.493 e. The lowest BCUT2D eigenvalue weighted by molar-refractivity contribution is -0.149. The van der Waals surface area contributed by atoms with Crippen molar-refractivity contribution in [2.24, 2.45) is 11.3 Å². The highest BCUT2D eigenvalue weighted by atomic mass is 16.5. The molecule has 1 amide bonds. The van der Waals surface area contributed by atoms with Gasteiger partial charge in [-0.25, -0.2) is 0 Å². The van der Waals surface area contributed by atoms with E-state index in [1.807, 2.05) is 27.7 Å². The number of carboxylic acid groups (broad SMARTS) is 1. The molecule has 0 saturated carbocycles. The predicted octanol–water partition coefficient (Wildman–Crippen LogP) is 3.35. The zero-order chi connectivity index (χ0) is 19.0. The summed E-state index contributed by atoms with van der Waals surface area (Å²) in [5.74, 6) is 0.201. The van der Waals surface area contributed by atoms with Gasteiger partial charge in [0.15, 0.2) is 11.5 Å². The fourth-order valence-corrected chi connectivity index (χ4v) is 2.41. The maximum atomic E-state index is 12.4. The number of rotatable bonds is 10. The Morgan fingerprint density at radius 1 is 1.20 bits per heavy atom. The van der Waals surface area contributed by atoms with Crippen molar-refractivity contribution in [3.8, 4) is 11.5 Å². The van der Waals surface area contributed by atoms with E-state index in [0.29, 0.717) is 42.4 Å². The van der Waals surface area contributed by atoms with Gasteiger partial charge in [0.2, 0.25) is 0 Å². The van der Waals surface area contributed by atoms with E-state index < -0.39 is 11.4 Å². The van der Waals surface area contributed by atoms with E-state index in [2.05, 4.69) is 5.32 Å². The number of aliphatic carboxylic acids is 1. The molecule has 0 heterocycles. The van der Waals surface area contributed by atoms with E-state index in [9.17, 15) is 14.7 Å². The largest absolute Gasteiger partial charge is 0.493 e. The van der Waals surface area contributed by atoms with Crippen molar-refractivity contribution in [2.75, 3.05) is 20.3 Å². The first kappa shape index (κ1) is 20.8. The number of methoxy groups -OCH3 is 1. The maximum absolute atomic E-state index is 12.4. The van der Waals surface area contributed by atoms with E-state index in [1.54, 1.807) is 18.2 Å². The second-order valence-corrected chi connectivity index (χ2v) is 6.55. The summed E-state index contributed by atoms with van der Waals surface area (Å²) in [4.78, 5) is 23.9. The van der Waals surface area contributed by atoms with E-state index in [0.717, 1.165) is 0 Å². The Morgan fingerprint density at radius 3 is 2.32 bits per heavy atom. The van der Waals surface area contributed by atoms with Crippen molar-refractivity contribution >= 4 is 11.9 Å². The SMILES string of the molecule is CCC(CC)(CNC(=O)c1ccc(OCC(C)C)c(OC)c1)C(=O)O. The minimum absolute atomic E-state index is 0.0854. The molecule has 0 aliphatic heterocycles. The molecule has 1 rings (SSSR count). The van der Waals surface area contributed by atoms with Crippen molar-refractivity contribution in [1.29, 1.82) is 0 Å². The minimum atomic E-state index is -0.944. The second kappa shape index (κ2) is 9.30. The smallest absolute Gasteiger partial charge is 0.311 e. The maximum Gasteiger partial charge on any atom is 0.311 e. The molecule has 140 valence electrons. The first-order valence-electron chi connectivity index (χ1n) is 8.62. The van der Waals surface area contributed by atoms with Crippen LogP contribution in [0.3, 0.4) is 0 Å². The molecule has 0 radical (unpaired) electrons. The number of amides is 1. The van der Waals surface area contributed by atoms with Crippen molar-refractivity contribution in [3.63, 3.8) is 0 Å². The molecule has 2 N–H and O–H groups in total. The van der Waals surface area contributed by atoms with E-state index >= 15 is 0 Å². The summed E-state index contributed by atoms with van der Waals surface area (Å²) < 4.78 is 11.0. The van der Waals surface area contributed by atoms with Crippen molar-refractivity contribution in [1.82, 2.24) is 5.32 Å². The lowest BCUT2D eigenvalue weighted by Gasteiger charge is -2.26. The molecular formula is C19H29NO5. The molecular weight excluding hydrogens is 322 g/mol. The Morgan fingerprint density at radius 2 is 1.84 bits per heavy atom. The molecule has 0 aliphatic rings. The molecule has 0 atom stereocenters. The Hall–Kier alpha value is -2.24. The van der Waals surface area contributed by atoms with Crippen LogP contribution < -0.4 is 14.8 Å². The van der Waals surface area contributed by atoms with Crippen LogP contribution in [0.25, 0.3) is 0 Å². The summed E-state index contributed by atoms with van der Waals surface area (Å²) in [5.41, 5.74) is -0.541. The summed E-state index contributed by atoms with van der Waals surface area (Å²) in [6, 6.07) is 4.94. The van der Waals surface area contributed by atoms with Gasteiger partial charge in [0.1, 0.15) is 0 Å². The van der Waals surface area contributed by atoms with Gasteiger partial charge in [-0.1, -0.05) is 27.7 Å². The lowest BCUT2D eigenvalue weighted by Crippen LogP contribution is -2.42. The quantitative estimate of drug-likeness (QED) is 0.675. The summed E-state index contributed by atoms with van der Waals surface area (Å²) in [6.07, 6.45) is 0.898.